The van der Waals surface area contributed by atoms with E-state index in [1.165, 1.54) is 6.07 Å². The number of rotatable bonds is 9. The Morgan fingerprint density at radius 3 is 2.55 bits per heavy atom. The molecule has 0 heterocycles. The second-order valence-electron chi connectivity index (χ2n) is 7.71. The van der Waals surface area contributed by atoms with Crippen LogP contribution in [0.15, 0.2) is 71.2 Å². The van der Waals surface area contributed by atoms with E-state index in [9.17, 15) is 9.18 Å². The van der Waals surface area contributed by atoms with Gasteiger partial charge in [0.2, 0.25) is 5.91 Å². The minimum absolute atomic E-state index is 0.00275. The lowest BCUT2D eigenvalue weighted by Gasteiger charge is -2.15. The third kappa shape index (κ3) is 7.10. The number of amides is 1. The zero-order valence-corrected chi connectivity index (χ0v) is 19.2. The molecule has 0 saturated carbocycles. The number of benzene rings is 3. The highest BCUT2D eigenvalue weighted by Crippen LogP contribution is 2.26. The summed E-state index contributed by atoms with van der Waals surface area (Å²) in [5.41, 5.74) is 3.07. The maximum absolute atomic E-state index is 13.9. The maximum atomic E-state index is 13.9. The fourth-order valence-corrected chi connectivity index (χ4v) is 3.49. The molecule has 0 saturated heterocycles. The minimum Gasteiger partial charge on any atom is -0.488 e. The molecule has 162 valence electrons. The van der Waals surface area contributed by atoms with Crippen LogP contribution in [0.25, 0.3) is 0 Å². The highest BCUT2D eigenvalue weighted by molar-refractivity contribution is 9.10. The average molecular weight is 485 g/mol. The first-order valence-electron chi connectivity index (χ1n) is 10.2. The van der Waals surface area contributed by atoms with Crippen molar-refractivity contribution < 1.29 is 13.9 Å². The summed E-state index contributed by atoms with van der Waals surface area (Å²) in [6.45, 7) is 4.69. The highest BCUT2D eigenvalue weighted by Gasteiger charge is 2.09. The summed E-state index contributed by atoms with van der Waals surface area (Å²) in [7, 11) is 0. The molecule has 0 spiro atoms. The van der Waals surface area contributed by atoms with Gasteiger partial charge in [0.15, 0.2) is 0 Å². The van der Waals surface area contributed by atoms with E-state index in [-0.39, 0.29) is 18.3 Å². The van der Waals surface area contributed by atoms with Crippen molar-refractivity contribution in [2.45, 2.75) is 33.4 Å². The lowest BCUT2D eigenvalue weighted by Crippen LogP contribution is -2.14. The van der Waals surface area contributed by atoms with Gasteiger partial charge in [0.1, 0.15) is 18.2 Å². The molecular weight excluding hydrogens is 459 g/mol. The molecule has 0 bridgehead atoms. The second kappa shape index (κ2) is 11.0. The highest BCUT2D eigenvalue weighted by atomic mass is 79.9. The van der Waals surface area contributed by atoms with Gasteiger partial charge >= 0.3 is 0 Å². The Morgan fingerprint density at radius 2 is 1.77 bits per heavy atom. The van der Waals surface area contributed by atoms with E-state index in [4.69, 9.17) is 4.74 Å². The van der Waals surface area contributed by atoms with Gasteiger partial charge in [-0.05, 0) is 48.4 Å². The van der Waals surface area contributed by atoms with Crippen LogP contribution >= 0.6 is 15.9 Å². The van der Waals surface area contributed by atoms with Gasteiger partial charge in [-0.2, -0.15) is 0 Å². The van der Waals surface area contributed by atoms with Gasteiger partial charge in [-0.1, -0.05) is 54.0 Å². The number of ether oxygens (including phenoxy) is 1. The maximum Gasteiger partial charge on any atom is 0.224 e. The van der Waals surface area contributed by atoms with E-state index >= 15 is 0 Å². The molecule has 0 aliphatic heterocycles. The Balaban J connectivity index is 1.66. The first kappa shape index (κ1) is 22.8. The van der Waals surface area contributed by atoms with Crippen molar-refractivity contribution in [1.29, 1.82) is 0 Å². The number of nitrogens with one attached hydrogen (secondary N) is 2. The van der Waals surface area contributed by atoms with Gasteiger partial charge in [-0.15, -0.1) is 0 Å². The number of carbonyl (C=O) groups excluding carboxylic acids is 1. The van der Waals surface area contributed by atoms with Crippen LogP contribution in [-0.2, 0) is 17.9 Å². The predicted octanol–water partition coefficient (Wildman–Crippen LogP) is 6.76. The second-order valence-corrected chi connectivity index (χ2v) is 8.63. The summed E-state index contributed by atoms with van der Waals surface area (Å²) in [6.07, 6.45) is 0.485. The van der Waals surface area contributed by atoms with Gasteiger partial charge < -0.3 is 15.4 Å². The van der Waals surface area contributed by atoms with Crippen LogP contribution in [0.2, 0.25) is 0 Å². The van der Waals surface area contributed by atoms with Crippen LogP contribution in [-0.4, -0.2) is 5.91 Å². The molecule has 3 aromatic carbocycles. The number of anilines is 2. The molecule has 0 atom stereocenters. The van der Waals surface area contributed by atoms with Gasteiger partial charge in [-0.3, -0.25) is 4.79 Å². The molecule has 0 radical (unpaired) electrons. The molecule has 4 nitrogen and oxygen atoms in total. The average Bonchev–Trinajstić information content (AvgIpc) is 2.72. The van der Waals surface area contributed by atoms with Crippen LogP contribution in [0, 0.1) is 11.7 Å². The Bertz CT molecular complexity index is 1040. The van der Waals surface area contributed by atoms with E-state index < -0.39 is 0 Å². The fraction of sp³-hybridized carbons (Fsp3) is 0.240. The minimum atomic E-state index is -0.282. The Kier molecular flexibility index (Phi) is 8.06. The SMILES string of the molecule is CC(C)CC(=O)Nc1cccc(NCc2cc(Br)ccc2OCc2ccccc2F)c1. The van der Waals surface area contributed by atoms with Gasteiger partial charge in [0, 0.05) is 39.9 Å². The summed E-state index contributed by atoms with van der Waals surface area (Å²) in [5.74, 6) is 0.708. The van der Waals surface area contributed by atoms with E-state index in [2.05, 4.69) is 26.6 Å². The topological polar surface area (TPSA) is 50.4 Å². The van der Waals surface area contributed by atoms with Crippen molar-refractivity contribution in [2.24, 2.45) is 5.92 Å². The van der Waals surface area contributed by atoms with E-state index in [0.717, 1.165) is 21.4 Å². The molecule has 0 aromatic heterocycles. The van der Waals surface area contributed by atoms with Crippen LogP contribution in [0.3, 0.4) is 0 Å². The molecule has 3 aromatic rings. The number of hydrogen-bond donors (Lipinski definition) is 2. The van der Waals surface area contributed by atoms with Crippen molar-refractivity contribution in [3.63, 3.8) is 0 Å². The molecule has 0 aliphatic rings. The summed E-state index contributed by atoms with van der Waals surface area (Å²) in [4.78, 5) is 12.0. The Morgan fingerprint density at radius 1 is 1.00 bits per heavy atom. The normalized spacial score (nSPS) is 10.7. The Labute approximate surface area is 191 Å². The lowest BCUT2D eigenvalue weighted by molar-refractivity contribution is -0.116. The molecule has 0 unspecified atom stereocenters. The summed E-state index contributed by atoms with van der Waals surface area (Å²) in [6, 6.07) is 19.9. The lowest BCUT2D eigenvalue weighted by atomic mass is 10.1. The monoisotopic (exact) mass is 484 g/mol. The largest absolute Gasteiger partial charge is 0.488 e. The van der Waals surface area contributed by atoms with Crippen molar-refractivity contribution in [3.05, 3.63) is 88.1 Å². The van der Waals surface area contributed by atoms with Crippen molar-refractivity contribution >= 4 is 33.2 Å². The van der Waals surface area contributed by atoms with Gasteiger partial charge in [0.05, 0.1) is 0 Å². The number of hydrogen-bond acceptors (Lipinski definition) is 3. The van der Waals surface area contributed by atoms with Crippen molar-refractivity contribution in [3.8, 4) is 5.75 Å². The Hall–Kier alpha value is -2.86. The van der Waals surface area contributed by atoms with Crippen molar-refractivity contribution in [2.75, 3.05) is 10.6 Å². The van der Waals surface area contributed by atoms with Gasteiger partial charge in [-0.25, -0.2) is 4.39 Å². The third-order valence-corrected chi connectivity index (χ3v) is 5.08. The van der Waals surface area contributed by atoms with E-state index in [1.54, 1.807) is 18.2 Å². The smallest absolute Gasteiger partial charge is 0.224 e. The predicted molar refractivity (Wildman–Crippen MR) is 127 cm³/mol. The van der Waals surface area contributed by atoms with Crippen molar-refractivity contribution in [1.82, 2.24) is 0 Å². The van der Waals surface area contributed by atoms with Crippen LogP contribution in [0.1, 0.15) is 31.4 Å². The zero-order chi connectivity index (χ0) is 22.2. The number of halogens is 2. The summed E-state index contributed by atoms with van der Waals surface area (Å²) < 4.78 is 20.7. The summed E-state index contributed by atoms with van der Waals surface area (Å²) >= 11 is 3.50. The van der Waals surface area contributed by atoms with E-state index in [1.807, 2.05) is 56.3 Å². The van der Waals surface area contributed by atoms with Crippen LogP contribution in [0.5, 0.6) is 5.75 Å². The fourth-order valence-electron chi connectivity index (χ4n) is 3.08. The molecule has 3 rings (SSSR count). The molecule has 6 heteroatoms. The first-order valence-corrected chi connectivity index (χ1v) is 11.0. The molecule has 0 aliphatic carbocycles. The van der Waals surface area contributed by atoms with E-state index in [0.29, 0.717) is 30.2 Å². The van der Waals surface area contributed by atoms with Crippen LogP contribution < -0.4 is 15.4 Å². The quantitative estimate of drug-likeness (QED) is 0.352. The number of carbonyl (C=O) groups is 1. The zero-order valence-electron chi connectivity index (χ0n) is 17.6. The molecule has 1 amide bonds. The first-order chi connectivity index (χ1) is 14.9. The molecule has 2 N–H and O–H groups in total. The standard InChI is InChI=1S/C25H26BrFN2O2/c1-17(2)12-25(30)29-22-8-5-7-21(14-22)28-15-19-13-20(26)10-11-24(19)31-16-18-6-3-4-9-23(18)27/h3-11,13-14,17,28H,12,15-16H2,1-2H3,(H,29,30). The van der Waals surface area contributed by atoms with Gasteiger partial charge in [0.25, 0.3) is 0 Å². The molecular formula is C25H26BrFN2O2. The molecule has 31 heavy (non-hydrogen) atoms. The van der Waals surface area contributed by atoms with Crippen LogP contribution in [0.4, 0.5) is 15.8 Å². The summed E-state index contributed by atoms with van der Waals surface area (Å²) in [5, 5.41) is 6.30. The molecule has 0 fully saturated rings. The third-order valence-electron chi connectivity index (χ3n) is 4.59.